The highest BCUT2D eigenvalue weighted by molar-refractivity contribution is 5.49. The Morgan fingerprint density at radius 1 is 0.938 bits per heavy atom. The van der Waals surface area contributed by atoms with Gasteiger partial charge < -0.3 is 10.6 Å². The van der Waals surface area contributed by atoms with E-state index in [1.165, 1.54) is 43.6 Å². The summed E-state index contributed by atoms with van der Waals surface area (Å²) in [6.45, 7) is 2.43. The van der Waals surface area contributed by atoms with Gasteiger partial charge in [0, 0.05) is 24.3 Å². The fourth-order valence-corrected chi connectivity index (χ4v) is 2.58. The molecule has 86 valence electrons. The van der Waals surface area contributed by atoms with Crippen molar-refractivity contribution in [2.75, 3.05) is 18.0 Å². The van der Waals surface area contributed by atoms with E-state index in [1.54, 1.807) is 0 Å². The van der Waals surface area contributed by atoms with Crippen LogP contribution < -0.4 is 10.6 Å². The molecule has 16 heavy (non-hydrogen) atoms. The van der Waals surface area contributed by atoms with Crippen molar-refractivity contribution in [1.82, 2.24) is 0 Å². The number of nitrogens with two attached hydrogens (primary N) is 1. The van der Waals surface area contributed by atoms with Gasteiger partial charge in [0.2, 0.25) is 0 Å². The molecule has 0 radical (unpaired) electrons. The Bertz CT molecular complexity index is 359. The Balaban J connectivity index is 1.76. The molecule has 0 spiro atoms. The van der Waals surface area contributed by atoms with Crippen LogP contribution in [0, 0.1) is 0 Å². The molecule has 0 aromatic heterocycles. The Morgan fingerprint density at radius 3 is 2.12 bits per heavy atom. The van der Waals surface area contributed by atoms with Crippen LogP contribution in [0.1, 0.15) is 37.7 Å². The summed E-state index contributed by atoms with van der Waals surface area (Å²) in [5.74, 6) is 0. The first kappa shape index (κ1) is 10.2. The van der Waals surface area contributed by atoms with Crippen LogP contribution >= 0.6 is 0 Å². The van der Waals surface area contributed by atoms with Crippen molar-refractivity contribution in [3.63, 3.8) is 0 Å². The van der Waals surface area contributed by atoms with Crippen LogP contribution in [0.2, 0.25) is 0 Å². The maximum Gasteiger partial charge on any atom is 0.0411 e. The van der Waals surface area contributed by atoms with E-state index >= 15 is 0 Å². The minimum atomic E-state index is 0.0143. The Hall–Kier alpha value is -1.02. The van der Waals surface area contributed by atoms with Gasteiger partial charge in [-0.2, -0.15) is 0 Å². The number of nitrogens with zero attached hydrogens (tertiary/aromatic N) is 1. The van der Waals surface area contributed by atoms with Crippen LogP contribution in [0.5, 0.6) is 0 Å². The summed E-state index contributed by atoms with van der Waals surface area (Å²) >= 11 is 0. The van der Waals surface area contributed by atoms with Gasteiger partial charge in [0.1, 0.15) is 0 Å². The molecule has 2 nitrogen and oxygen atoms in total. The number of piperidine rings is 1. The molecule has 1 aliphatic carbocycles. The molecule has 2 aliphatic rings. The third-order valence-electron chi connectivity index (χ3n) is 3.95. The summed E-state index contributed by atoms with van der Waals surface area (Å²) in [6.07, 6.45) is 6.36. The predicted molar refractivity (Wildman–Crippen MR) is 67.6 cm³/mol. The van der Waals surface area contributed by atoms with E-state index in [-0.39, 0.29) is 5.54 Å². The highest BCUT2D eigenvalue weighted by atomic mass is 15.1. The zero-order chi connectivity index (χ0) is 11.0. The van der Waals surface area contributed by atoms with Gasteiger partial charge in [0.25, 0.3) is 0 Å². The third-order valence-corrected chi connectivity index (χ3v) is 3.95. The molecule has 1 saturated carbocycles. The van der Waals surface area contributed by atoms with Crippen LogP contribution in [0.4, 0.5) is 5.69 Å². The molecular weight excluding hydrogens is 196 g/mol. The molecule has 1 saturated heterocycles. The van der Waals surface area contributed by atoms with Crippen LogP contribution in [0.3, 0.4) is 0 Å². The highest BCUT2D eigenvalue weighted by Gasteiger charge is 2.39. The maximum absolute atomic E-state index is 6.18. The van der Waals surface area contributed by atoms with Crippen molar-refractivity contribution >= 4 is 5.69 Å². The average Bonchev–Trinajstić information content (AvgIpc) is 3.10. The Morgan fingerprint density at radius 2 is 1.56 bits per heavy atom. The zero-order valence-electron chi connectivity index (χ0n) is 9.78. The fraction of sp³-hybridized carbons (Fsp3) is 0.571. The SMILES string of the molecule is NC1(c2ccc(N3CCCCC3)cc2)CC1. The summed E-state index contributed by atoms with van der Waals surface area (Å²) in [7, 11) is 0. The van der Waals surface area contributed by atoms with Crippen LogP contribution in [0.15, 0.2) is 24.3 Å². The third kappa shape index (κ3) is 1.82. The van der Waals surface area contributed by atoms with Crippen LogP contribution in [-0.2, 0) is 5.54 Å². The lowest BCUT2D eigenvalue weighted by Crippen LogP contribution is -2.29. The van der Waals surface area contributed by atoms with Gasteiger partial charge in [0.15, 0.2) is 0 Å². The van der Waals surface area contributed by atoms with Crippen molar-refractivity contribution in [1.29, 1.82) is 0 Å². The number of rotatable bonds is 2. The quantitative estimate of drug-likeness (QED) is 0.823. The van der Waals surface area contributed by atoms with E-state index in [9.17, 15) is 0 Å². The first-order valence-corrected chi connectivity index (χ1v) is 6.42. The lowest BCUT2D eigenvalue weighted by molar-refractivity contribution is 0.577. The highest BCUT2D eigenvalue weighted by Crippen LogP contribution is 2.42. The van der Waals surface area contributed by atoms with Crippen LogP contribution in [-0.4, -0.2) is 13.1 Å². The van der Waals surface area contributed by atoms with E-state index in [1.807, 2.05) is 0 Å². The van der Waals surface area contributed by atoms with Gasteiger partial charge in [-0.05, 0) is 49.8 Å². The molecule has 0 unspecified atom stereocenters. The van der Waals surface area contributed by atoms with E-state index < -0.39 is 0 Å². The molecule has 1 aromatic carbocycles. The Kier molecular flexibility index (Phi) is 2.40. The van der Waals surface area contributed by atoms with Gasteiger partial charge in [-0.15, -0.1) is 0 Å². The summed E-state index contributed by atoms with van der Waals surface area (Å²) < 4.78 is 0. The van der Waals surface area contributed by atoms with Crippen molar-refractivity contribution in [2.24, 2.45) is 5.73 Å². The summed E-state index contributed by atoms with van der Waals surface area (Å²) in [6, 6.07) is 8.93. The largest absolute Gasteiger partial charge is 0.372 e. The van der Waals surface area contributed by atoms with Crippen molar-refractivity contribution in [2.45, 2.75) is 37.6 Å². The van der Waals surface area contributed by atoms with E-state index in [4.69, 9.17) is 5.73 Å². The van der Waals surface area contributed by atoms with Gasteiger partial charge in [-0.25, -0.2) is 0 Å². The molecule has 2 heteroatoms. The van der Waals surface area contributed by atoms with E-state index in [2.05, 4.69) is 29.2 Å². The molecule has 0 bridgehead atoms. The number of hydrogen-bond donors (Lipinski definition) is 1. The molecule has 0 atom stereocenters. The number of hydrogen-bond acceptors (Lipinski definition) is 2. The molecule has 1 heterocycles. The lowest BCUT2D eigenvalue weighted by atomic mass is 10.0. The summed E-state index contributed by atoms with van der Waals surface area (Å²) in [5.41, 5.74) is 8.88. The number of anilines is 1. The minimum absolute atomic E-state index is 0.0143. The van der Waals surface area contributed by atoms with E-state index in [0.717, 1.165) is 12.8 Å². The lowest BCUT2D eigenvalue weighted by Gasteiger charge is -2.29. The normalized spacial score (nSPS) is 23.2. The first-order valence-electron chi connectivity index (χ1n) is 6.42. The molecule has 1 aromatic rings. The second kappa shape index (κ2) is 3.77. The molecule has 0 amide bonds. The molecule has 3 rings (SSSR count). The molecule has 2 N–H and O–H groups in total. The predicted octanol–water partition coefficient (Wildman–Crippen LogP) is 2.62. The molecule has 1 aliphatic heterocycles. The fourth-order valence-electron chi connectivity index (χ4n) is 2.58. The monoisotopic (exact) mass is 216 g/mol. The van der Waals surface area contributed by atoms with E-state index in [0.29, 0.717) is 0 Å². The molecular formula is C14H20N2. The molecule has 2 fully saturated rings. The van der Waals surface area contributed by atoms with Gasteiger partial charge in [-0.3, -0.25) is 0 Å². The second-order valence-corrected chi connectivity index (χ2v) is 5.25. The maximum atomic E-state index is 6.18. The second-order valence-electron chi connectivity index (χ2n) is 5.25. The topological polar surface area (TPSA) is 29.3 Å². The van der Waals surface area contributed by atoms with Gasteiger partial charge in [-0.1, -0.05) is 12.1 Å². The van der Waals surface area contributed by atoms with Gasteiger partial charge in [0.05, 0.1) is 0 Å². The smallest absolute Gasteiger partial charge is 0.0411 e. The van der Waals surface area contributed by atoms with Crippen molar-refractivity contribution in [3.05, 3.63) is 29.8 Å². The van der Waals surface area contributed by atoms with Crippen molar-refractivity contribution in [3.8, 4) is 0 Å². The van der Waals surface area contributed by atoms with Crippen molar-refractivity contribution < 1.29 is 0 Å². The number of benzene rings is 1. The van der Waals surface area contributed by atoms with Gasteiger partial charge >= 0.3 is 0 Å². The summed E-state index contributed by atoms with van der Waals surface area (Å²) in [4.78, 5) is 2.49. The first-order chi connectivity index (χ1) is 7.78. The van der Waals surface area contributed by atoms with Crippen LogP contribution in [0.25, 0.3) is 0 Å². The zero-order valence-corrected chi connectivity index (χ0v) is 9.78. The standard InChI is InChI=1S/C14H20N2/c15-14(8-9-14)12-4-6-13(7-5-12)16-10-2-1-3-11-16/h4-7H,1-3,8-11,15H2. The Labute approximate surface area is 97.4 Å². The summed E-state index contributed by atoms with van der Waals surface area (Å²) in [5, 5.41) is 0. The average molecular weight is 216 g/mol. The minimum Gasteiger partial charge on any atom is -0.372 e.